The molecule has 0 amide bonds. The predicted molar refractivity (Wildman–Crippen MR) is 100 cm³/mol. The summed E-state index contributed by atoms with van der Waals surface area (Å²) in [6, 6.07) is 7.30. The van der Waals surface area contributed by atoms with E-state index in [0.29, 0.717) is 11.6 Å². The molecule has 0 fully saturated rings. The van der Waals surface area contributed by atoms with Crippen LogP contribution in [-0.4, -0.2) is 10.9 Å². The highest BCUT2D eigenvalue weighted by Crippen LogP contribution is 2.35. The van der Waals surface area contributed by atoms with Crippen LogP contribution in [0.15, 0.2) is 57.8 Å². The number of fused-ring (bicyclic) bond motifs is 1. The Bertz CT molecular complexity index is 1250. The van der Waals surface area contributed by atoms with E-state index < -0.39 is 33.8 Å². The molecule has 0 aliphatic heterocycles. The lowest BCUT2D eigenvalue weighted by Crippen LogP contribution is -2.11. The summed E-state index contributed by atoms with van der Waals surface area (Å²) >= 11 is 5.70. The molecule has 1 heterocycles. The van der Waals surface area contributed by atoms with Crippen LogP contribution in [0.3, 0.4) is 0 Å². The molecule has 0 aliphatic carbocycles. The second-order valence-corrected chi connectivity index (χ2v) is 6.26. The molecule has 3 aromatic rings. The lowest BCUT2D eigenvalue weighted by atomic mass is 10.1. The molecule has 0 saturated heterocycles. The average Bonchev–Trinajstić information content (AvgIpc) is 2.65. The summed E-state index contributed by atoms with van der Waals surface area (Å²) in [5.41, 5.74) is -2.84. The Labute approximate surface area is 170 Å². The quantitative estimate of drug-likeness (QED) is 0.142. The molecule has 0 radical (unpaired) electrons. The fraction of sp³-hybridized carbons (Fsp3) is 0.0526. The van der Waals surface area contributed by atoms with Gasteiger partial charge in [0.05, 0.1) is 10.5 Å². The van der Waals surface area contributed by atoms with Crippen molar-refractivity contribution in [1.29, 1.82) is 0 Å². The van der Waals surface area contributed by atoms with Crippen LogP contribution in [0.5, 0.6) is 5.75 Å². The summed E-state index contributed by atoms with van der Waals surface area (Å²) in [5.74, 6) is -1.08. The van der Waals surface area contributed by atoms with Crippen LogP contribution in [-0.2, 0) is 11.0 Å². The van der Waals surface area contributed by atoms with E-state index in [9.17, 15) is 32.9 Å². The fourth-order valence-corrected chi connectivity index (χ4v) is 2.72. The van der Waals surface area contributed by atoms with Gasteiger partial charge in [-0.2, -0.15) is 13.2 Å². The van der Waals surface area contributed by atoms with Gasteiger partial charge >= 0.3 is 17.8 Å². The number of halogens is 4. The lowest BCUT2D eigenvalue weighted by Gasteiger charge is -2.09. The Kier molecular flexibility index (Phi) is 5.61. The summed E-state index contributed by atoms with van der Waals surface area (Å²) in [6.45, 7) is 0. The predicted octanol–water partition coefficient (Wildman–Crippen LogP) is 4.99. The van der Waals surface area contributed by atoms with Crippen LogP contribution >= 0.6 is 11.6 Å². The van der Waals surface area contributed by atoms with Crippen molar-refractivity contribution in [3.05, 3.63) is 85.2 Å². The standard InChI is InChI=1S/C19H9ClF3NO6/c20-14-5-1-10(7-15(14)24(27)28)2-6-17(25)29-11-3-4-12-13(19(21,22)23)9-18(26)30-16(12)8-11/h1-9H/b6-2+. The van der Waals surface area contributed by atoms with E-state index in [2.05, 4.69) is 0 Å². The molecule has 0 saturated carbocycles. The van der Waals surface area contributed by atoms with Crippen LogP contribution in [0.25, 0.3) is 17.0 Å². The molecule has 0 aliphatic rings. The van der Waals surface area contributed by atoms with E-state index in [-0.39, 0.29) is 21.8 Å². The summed E-state index contributed by atoms with van der Waals surface area (Å²) < 4.78 is 48.9. The van der Waals surface area contributed by atoms with Gasteiger partial charge < -0.3 is 9.15 Å². The normalized spacial score (nSPS) is 11.7. The molecule has 30 heavy (non-hydrogen) atoms. The van der Waals surface area contributed by atoms with Gasteiger partial charge in [-0.25, -0.2) is 9.59 Å². The van der Waals surface area contributed by atoms with E-state index >= 15 is 0 Å². The minimum atomic E-state index is -4.77. The molecule has 11 heteroatoms. The van der Waals surface area contributed by atoms with Gasteiger partial charge in [0.25, 0.3) is 5.69 Å². The Morgan fingerprint density at radius 1 is 1.17 bits per heavy atom. The molecule has 7 nitrogen and oxygen atoms in total. The first-order chi connectivity index (χ1) is 14.0. The van der Waals surface area contributed by atoms with Crippen molar-refractivity contribution in [2.75, 3.05) is 0 Å². The van der Waals surface area contributed by atoms with E-state index in [0.717, 1.165) is 30.3 Å². The average molecular weight is 440 g/mol. The third kappa shape index (κ3) is 4.66. The van der Waals surface area contributed by atoms with Crippen molar-refractivity contribution >= 4 is 40.3 Å². The third-order valence-electron chi connectivity index (χ3n) is 3.82. The highest BCUT2D eigenvalue weighted by atomic mass is 35.5. The van der Waals surface area contributed by atoms with Gasteiger partial charge in [0.1, 0.15) is 16.4 Å². The molecule has 2 aromatic carbocycles. The first kappa shape index (κ1) is 21.1. The second kappa shape index (κ2) is 7.99. The number of nitrogens with zero attached hydrogens (tertiary/aromatic N) is 1. The van der Waals surface area contributed by atoms with E-state index in [4.69, 9.17) is 20.8 Å². The molecular weight excluding hydrogens is 431 g/mol. The second-order valence-electron chi connectivity index (χ2n) is 5.86. The topological polar surface area (TPSA) is 99.6 Å². The summed E-state index contributed by atoms with van der Waals surface area (Å²) in [4.78, 5) is 33.5. The number of alkyl halides is 3. The molecule has 3 rings (SSSR count). The first-order valence-corrected chi connectivity index (χ1v) is 8.41. The molecule has 154 valence electrons. The number of hydrogen-bond acceptors (Lipinski definition) is 6. The fourth-order valence-electron chi connectivity index (χ4n) is 2.53. The van der Waals surface area contributed by atoms with Gasteiger partial charge in [0.2, 0.25) is 0 Å². The number of nitro groups is 1. The maximum atomic E-state index is 13.0. The summed E-state index contributed by atoms with van der Waals surface area (Å²) in [5, 5.41) is 10.4. The van der Waals surface area contributed by atoms with Crippen molar-refractivity contribution in [2.24, 2.45) is 0 Å². The SMILES string of the molecule is O=C(/C=C/c1ccc(Cl)c([N+](=O)[O-])c1)Oc1ccc2c(C(F)(F)F)cc(=O)oc2c1. The van der Waals surface area contributed by atoms with Crippen molar-refractivity contribution in [3.63, 3.8) is 0 Å². The third-order valence-corrected chi connectivity index (χ3v) is 4.14. The zero-order chi connectivity index (χ0) is 22.1. The Balaban J connectivity index is 1.83. The number of esters is 1. The van der Waals surface area contributed by atoms with Crippen LogP contribution in [0.1, 0.15) is 11.1 Å². The highest BCUT2D eigenvalue weighted by molar-refractivity contribution is 6.32. The summed E-state index contributed by atoms with van der Waals surface area (Å²) in [7, 11) is 0. The summed E-state index contributed by atoms with van der Waals surface area (Å²) in [6.07, 6.45) is -2.58. The molecule has 0 bridgehead atoms. The Morgan fingerprint density at radius 3 is 2.57 bits per heavy atom. The van der Waals surface area contributed by atoms with Crippen LogP contribution in [0.2, 0.25) is 5.02 Å². The number of rotatable bonds is 4. The Morgan fingerprint density at radius 2 is 1.90 bits per heavy atom. The number of benzene rings is 2. The van der Waals surface area contributed by atoms with Gasteiger partial charge in [0.15, 0.2) is 0 Å². The first-order valence-electron chi connectivity index (χ1n) is 8.03. The molecule has 0 N–H and O–H groups in total. The van der Waals surface area contributed by atoms with Crippen molar-refractivity contribution in [1.82, 2.24) is 0 Å². The number of nitro benzene ring substituents is 1. The van der Waals surface area contributed by atoms with Gasteiger partial charge in [-0.05, 0) is 29.8 Å². The largest absolute Gasteiger partial charge is 0.423 e. The zero-order valence-corrected chi connectivity index (χ0v) is 15.4. The van der Waals surface area contributed by atoms with E-state index in [1.54, 1.807) is 0 Å². The lowest BCUT2D eigenvalue weighted by molar-refractivity contribution is -0.384. The molecular formula is C19H9ClF3NO6. The van der Waals surface area contributed by atoms with Gasteiger partial charge in [-0.1, -0.05) is 17.7 Å². The smallest absolute Gasteiger partial charge is 0.417 e. The number of ether oxygens (including phenoxy) is 1. The van der Waals surface area contributed by atoms with Gasteiger partial charge in [-0.15, -0.1) is 0 Å². The van der Waals surface area contributed by atoms with E-state index in [1.165, 1.54) is 18.2 Å². The van der Waals surface area contributed by atoms with Crippen molar-refractivity contribution in [2.45, 2.75) is 6.18 Å². The number of carbonyl (C=O) groups excluding carboxylic acids is 1. The van der Waals surface area contributed by atoms with Gasteiger partial charge in [-0.3, -0.25) is 10.1 Å². The molecule has 0 unspecified atom stereocenters. The molecule has 1 aromatic heterocycles. The van der Waals surface area contributed by atoms with E-state index in [1.807, 2.05) is 0 Å². The maximum Gasteiger partial charge on any atom is 0.417 e. The van der Waals surface area contributed by atoms with Crippen LogP contribution < -0.4 is 10.4 Å². The number of carbonyl (C=O) groups is 1. The minimum Gasteiger partial charge on any atom is -0.423 e. The maximum absolute atomic E-state index is 13.0. The number of hydrogen-bond donors (Lipinski definition) is 0. The van der Waals surface area contributed by atoms with Crippen LogP contribution in [0, 0.1) is 10.1 Å². The monoisotopic (exact) mass is 439 g/mol. The highest BCUT2D eigenvalue weighted by Gasteiger charge is 2.33. The van der Waals surface area contributed by atoms with Crippen molar-refractivity contribution in [3.8, 4) is 5.75 Å². The van der Waals surface area contributed by atoms with Gasteiger partial charge in [0, 0.05) is 29.7 Å². The Hall–Kier alpha value is -3.66. The zero-order valence-electron chi connectivity index (χ0n) is 14.6. The minimum absolute atomic E-state index is 0.0735. The molecule has 0 atom stereocenters. The molecule has 0 spiro atoms. The van der Waals surface area contributed by atoms with Crippen LogP contribution in [0.4, 0.5) is 18.9 Å². The van der Waals surface area contributed by atoms with Crippen molar-refractivity contribution < 1.29 is 32.0 Å².